The lowest BCUT2D eigenvalue weighted by atomic mass is 10.0. The number of hydrogen-bond donors (Lipinski definition) is 0. The Balaban J connectivity index is 3.18. The normalized spacial score (nSPS) is 12.2. The molecule has 0 saturated heterocycles. The van der Waals surface area contributed by atoms with E-state index in [1.54, 1.807) is 6.07 Å². The molecule has 0 unspecified atom stereocenters. The molecule has 0 aromatic heterocycles. The predicted molar refractivity (Wildman–Crippen MR) is 68.5 cm³/mol. The largest absolute Gasteiger partial charge is 0.384 e. The van der Waals surface area contributed by atoms with Crippen LogP contribution in [0.2, 0.25) is 0 Å². The van der Waals surface area contributed by atoms with Gasteiger partial charge in [-0.25, -0.2) is 0 Å². The summed E-state index contributed by atoms with van der Waals surface area (Å²) < 4.78 is 29.6. The minimum atomic E-state index is -3.69. The number of rotatable bonds is 4. The maximum Gasteiger partial charge on any atom is 0.384 e. The molecule has 1 aromatic carbocycles. The van der Waals surface area contributed by atoms with E-state index in [1.807, 2.05) is 32.9 Å². The van der Waals surface area contributed by atoms with Gasteiger partial charge >= 0.3 is 10.3 Å². The highest BCUT2D eigenvalue weighted by Gasteiger charge is 2.19. The Morgan fingerprint density at radius 1 is 1.24 bits per heavy atom. The molecule has 0 aliphatic heterocycles. The topological polar surface area (TPSA) is 46.6 Å². The molecule has 0 fully saturated rings. The average molecular weight is 257 g/mol. The van der Waals surface area contributed by atoms with Gasteiger partial charge in [0.05, 0.1) is 0 Å². The number of aryl methyl sites for hydroxylation is 1. The fraction of sp³-hybridized carbons (Fsp3) is 0.500. The standard InChI is InChI=1S/C12H19NO3S/c1-9(2)11-7-6-10(3)8-12(11)16-17(14,15)13(4)5/h6-9H,1-5H3. The molecule has 0 spiro atoms. The van der Waals surface area contributed by atoms with E-state index in [0.29, 0.717) is 5.75 Å². The summed E-state index contributed by atoms with van der Waals surface area (Å²) >= 11 is 0. The molecule has 1 aromatic rings. The summed E-state index contributed by atoms with van der Waals surface area (Å²) in [4.78, 5) is 0. The van der Waals surface area contributed by atoms with Crippen molar-refractivity contribution >= 4 is 10.3 Å². The van der Waals surface area contributed by atoms with Crippen LogP contribution < -0.4 is 4.18 Å². The van der Waals surface area contributed by atoms with E-state index in [1.165, 1.54) is 14.1 Å². The first-order chi connectivity index (χ1) is 7.74. The smallest absolute Gasteiger partial charge is 0.370 e. The van der Waals surface area contributed by atoms with Crippen molar-refractivity contribution in [3.8, 4) is 5.75 Å². The molecule has 17 heavy (non-hydrogen) atoms. The van der Waals surface area contributed by atoms with Gasteiger partial charge in [0.2, 0.25) is 0 Å². The molecule has 5 heteroatoms. The molecule has 0 bridgehead atoms. The van der Waals surface area contributed by atoms with Gasteiger partial charge in [-0.05, 0) is 30.0 Å². The van der Waals surface area contributed by atoms with Gasteiger partial charge in [-0.15, -0.1) is 0 Å². The molecule has 0 radical (unpaired) electrons. The van der Waals surface area contributed by atoms with E-state index in [4.69, 9.17) is 4.18 Å². The monoisotopic (exact) mass is 257 g/mol. The van der Waals surface area contributed by atoms with Crippen LogP contribution in [0.3, 0.4) is 0 Å². The lowest BCUT2D eigenvalue weighted by molar-refractivity contribution is 0.418. The van der Waals surface area contributed by atoms with Gasteiger partial charge in [-0.1, -0.05) is 26.0 Å². The molecular weight excluding hydrogens is 238 g/mol. The second-order valence-corrected chi connectivity index (χ2v) is 6.27. The van der Waals surface area contributed by atoms with Crippen molar-refractivity contribution in [1.82, 2.24) is 4.31 Å². The number of benzene rings is 1. The van der Waals surface area contributed by atoms with Crippen LogP contribution in [0.4, 0.5) is 0 Å². The molecule has 0 heterocycles. The van der Waals surface area contributed by atoms with Crippen LogP contribution in [0, 0.1) is 6.92 Å². The van der Waals surface area contributed by atoms with Crippen molar-refractivity contribution in [2.75, 3.05) is 14.1 Å². The molecule has 0 aliphatic carbocycles. The molecule has 96 valence electrons. The molecule has 0 N–H and O–H groups in total. The minimum Gasteiger partial charge on any atom is -0.370 e. The van der Waals surface area contributed by atoms with Crippen molar-refractivity contribution < 1.29 is 12.6 Å². The highest BCUT2D eigenvalue weighted by Crippen LogP contribution is 2.28. The Morgan fingerprint density at radius 2 is 1.82 bits per heavy atom. The van der Waals surface area contributed by atoms with E-state index in [2.05, 4.69) is 0 Å². The summed E-state index contributed by atoms with van der Waals surface area (Å²) in [5.74, 6) is 0.622. The van der Waals surface area contributed by atoms with Gasteiger partial charge in [0.15, 0.2) is 0 Å². The third-order valence-electron chi connectivity index (χ3n) is 2.43. The summed E-state index contributed by atoms with van der Waals surface area (Å²) in [6, 6.07) is 5.60. The van der Waals surface area contributed by atoms with Crippen molar-refractivity contribution in [3.05, 3.63) is 29.3 Å². The Kier molecular flexibility index (Phi) is 4.16. The van der Waals surface area contributed by atoms with E-state index in [9.17, 15) is 8.42 Å². The van der Waals surface area contributed by atoms with E-state index < -0.39 is 10.3 Å². The fourth-order valence-electron chi connectivity index (χ4n) is 1.38. The van der Waals surface area contributed by atoms with Crippen LogP contribution >= 0.6 is 0 Å². The highest BCUT2D eigenvalue weighted by atomic mass is 32.2. The Labute approximate surface area is 103 Å². The third kappa shape index (κ3) is 3.44. The van der Waals surface area contributed by atoms with Crippen LogP contribution in [-0.4, -0.2) is 26.8 Å². The SMILES string of the molecule is Cc1ccc(C(C)C)c(OS(=O)(=O)N(C)C)c1. The van der Waals surface area contributed by atoms with E-state index in [-0.39, 0.29) is 5.92 Å². The first kappa shape index (κ1) is 14.0. The van der Waals surface area contributed by atoms with Crippen LogP contribution in [0.1, 0.15) is 30.9 Å². The lowest BCUT2D eigenvalue weighted by Gasteiger charge is -2.16. The van der Waals surface area contributed by atoms with Crippen LogP contribution in [0.15, 0.2) is 18.2 Å². The van der Waals surface area contributed by atoms with Crippen molar-refractivity contribution in [2.45, 2.75) is 26.7 Å². The van der Waals surface area contributed by atoms with Crippen LogP contribution in [-0.2, 0) is 10.3 Å². The molecule has 0 aliphatic rings. The van der Waals surface area contributed by atoms with Crippen molar-refractivity contribution in [3.63, 3.8) is 0 Å². The van der Waals surface area contributed by atoms with Crippen LogP contribution in [0.25, 0.3) is 0 Å². The van der Waals surface area contributed by atoms with E-state index in [0.717, 1.165) is 15.4 Å². The molecule has 0 saturated carbocycles. The third-order valence-corrected chi connectivity index (χ3v) is 3.72. The summed E-state index contributed by atoms with van der Waals surface area (Å²) in [6.45, 7) is 5.90. The quantitative estimate of drug-likeness (QED) is 0.831. The minimum absolute atomic E-state index is 0.211. The lowest BCUT2D eigenvalue weighted by Crippen LogP contribution is -2.27. The molecule has 0 amide bonds. The number of hydrogen-bond acceptors (Lipinski definition) is 3. The summed E-state index contributed by atoms with van der Waals surface area (Å²) in [5, 5.41) is 0. The zero-order valence-corrected chi connectivity index (χ0v) is 11.7. The van der Waals surface area contributed by atoms with E-state index >= 15 is 0 Å². The average Bonchev–Trinajstić information content (AvgIpc) is 2.15. The summed E-state index contributed by atoms with van der Waals surface area (Å²) in [7, 11) is -0.801. The van der Waals surface area contributed by atoms with Crippen molar-refractivity contribution in [2.24, 2.45) is 0 Å². The molecule has 0 atom stereocenters. The number of nitrogens with zero attached hydrogens (tertiary/aromatic N) is 1. The second kappa shape index (κ2) is 5.06. The first-order valence-corrected chi connectivity index (χ1v) is 6.83. The predicted octanol–water partition coefficient (Wildman–Crippen LogP) is 2.30. The fourth-order valence-corrected chi connectivity index (χ4v) is 1.90. The highest BCUT2D eigenvalue weighted by molar-refractivity contribution is 7.84. The van der Waals surface area contributed by atoms with Gasteiger partial charge in [-0.3, -0.25) is 0 Å². The Hall–Kier alpha value is -1.07. The summed E-state index contributed by atoms with van der Waals surface area (Å²) in [6.07, 6.45) is 0. The zero-order chi connectivity index (χ0) is 13.2. The van der Waals surface area contributed by atoms with Crippen LogP contribution in [0.5, 0.6) is 5.75 Å². The summed E-state index contributed by atoms with van der Waals surface area (Å²) in [5.41, 5.74) is 1.86. The Morgan fingerprint density at radius 3 is 2.29 bits per heavy atom. The molecule has 1 rings (SSSR count). The molecule has 4 nitrogen and oxygen atoms in total. The zero-order valence-electron chi connectivity index (χ0n) is 10.9. The molecular formula is C12H19NO3S. The maximum atomic E-state index is 11.7. The van der Waals surface area contributed by atoms with Gasteiger partial charge < -0.3 is 4.18 Å². The first-order valence-electron chi connectivity index (χ1n) is 5.46. The van der Waals surface area contributed by atoms with Gasteiger partial charge in [0.25, 0.3) is 0 Å². The van der Waals surface area contributed by atoms with Gasteiger partial charge in [0, 0.05) is 14.1 Å². The maximum absolute atomic E-state index is 11.7. The van der Waals surface area contributed by atoms with Gasteiger partial charge in [0.1, 0.15) is 5.75 Å². The second-order valence-electron chi connectivity index (χ2n) is 4.52. The van der Waals surface area contributed by atoms with Gasteiger partial charge in [-0.2, -0.15) is 12.7 Å². The van der Waals surface area contributed by atoms with Crippen molar-refractivity contribution in [1.29, 1.82) is 0 Å². The Bertz CT molecular complexity index is 492.